The van der Waals surface area contributed by atoms with Crippen molar-refractivity contribution in [1.29, 1.82) is 5.26 Å². The first kappa shape index (κ1) is 15.5. The van der Waals surface area contributed by atoms with Crippen LogP contribution in [0.15, 0.2) is 17.2 Å². The van der Waals surface area contributed by atoms with Crippen molar-refractivity contribution in [3.63, 3.8) is 0 Å². The van der Waals surface area contributed by atoms with Crippen LogP contribution in [0.4, 0.5) is 0 Å². The van der Waals surface area contributed by atoms with E-state index in [1.807, 2.05) is 0 Å². The molecule has 2 rings (SSSR count). The maximum Gasteiger partial charge on any atom is 0.267 e. The van der Waals surface area contributed by atoms with Crippen LogP contribution in [0.1, 0.15) is 23.3 Å². The van der Waals surface area contributed by atoms with E-state index in [2.05, 4.69) is 11.4 Å². The summed E-state index contributed by atoms with van der Waals surface area (Å²) < 4.78 is 28.0. The standard InChI is InChI=1S/C13H18N4O3S/c1-15-13(18)12-7-11(9-16(12)2)21(19,20)17-5-3-10(8-14)4-6-17/h7,9-10H,3-6H2,1-2H3,(H,15,18). The summed E-state index contributed by atoms with van der Waals surface area (Å²) in [7, 11) is -0.487. The van der Waals surface area contributed by atoms with Gasteiger partial charge in [0.15, 0.2) is 0 Å². The van der Waals surface area contributed by atoms with Gasteiger partial charge in [0.2, 0.25) is 10.0 Å². The minimum Gasteiger partial charge on any atom is -0.354 e. The number of nitrogens with one attached hydrogen (secondary N) is 1. The van der Waals surface area contributed by atoms with Crippen molar-refractivity contribution in [2.75, 3.05) is 20.1 Å². The van der Waals surface area contributed by atoms with Gasteiger partial charge in [0.1, 0.15) is 10.6 Å². The molecule has 1 saturated heterocycles. The summed E-state index contributed by atoms with van der Waals surface area (Å²) in [4.78, 5) is 11.8. The van der Waals surface area contributed by atoms with Gasteiger partial charge in [-0.05, 0) is 18.9 Å². The number of amides is 1. The summed E-state index contributed by atoms with van der Waals surface area (Å²) in [6, 6.07) is 3.55. The lowest BCUT2D eigenvalue weighted by atomic mass is 10.0. The Kier molecular flexibility index (Phi) is 4.34. The average Bonchev–Trinajstić information content (AvgIpc) is 2.89. The highest BCUT2D eigenvalue weighted by Crippen LogP contribution is 2.24. The second-order valence-corrected chi connectivity index (χ2v) is 7.00. The van der Waals surface area contributed by atoms with Gasteiger partial charge in [0.25, 0.3) is 5.91 Å². The van der Waals surface area contributed by atoms with Gasteiger partial charge < -0.3 is 9.88 Å². The van der Waals surface area contributed by atoms with Crippen molar-refractivity contribution in [3.05, 3.63) is 18.0 Å². The summed E-state index contributed by atoms with van der Waals surface area (Å²) in [5.41, 5.74) is 0.294. The lowest BCUT2D eigenvalue weighted by Gasteiger charge is -2.27. The number of aromatic nitrogens is 1. The van der Waals surface area contributed by atoms with Crippen LogP contribution < -0.4 is 5.32 Å². The second-order valence-electron chi connectivity index (χ2n) is 5.06. The zero-order chi connectivity index (χ0) is 15.6. The number of sulfonamides is 1. The third-order valence-electron chi connectivity index (χ3n) is 3.71. The van der Waals surface area contributed by atoms with Gasteiger partial charge in [-0.15, -0.1) is 0 Å². The van der Waals surface area contributed by atoms with Crippen LogP contribution >= 0.6 is 0 Å². The Morgan fingerprint density at radius 1 is 1.43 bits per heavy atom. The first-order valence-electron chi connectivity index (χ1n) is 6.68. The van der Waals surface area contributed by atoms with Crippen molar-refractivity contribution in [2.24, 2.45) is 13.0 Å². The monoisotopic (exact) mass is 310 g/mol. The minimum atomic E-state index is -3.61. The van der Waals surface area contributed by atoms with E-state index in [0.717, 1.165) is 0 Å². The van der Waals surface area contributed by atoms with Crippen LogP contribution in [-0.2, 0) is 17.1 Å². The zero-order valence-electron chi connectivity index (χ0n) is 12.0. The third-order valence-corrected chi connectivity index (χ3v) is 5.58. The van der Waals surface area contributed by atoms with E-state index in [1.165, 1.54) is 28.2 Å². The second kappa shape index (κ2) is 5.87. The smallest absolute Gasteiger partial charge is 0.267 e. The quantitative estimate of drug-likeness (QED) is 0.869. The summed E-state index contributed by atoms with van der Waals surface area (Å²) in [6.45, 7) is 0.676. The van der Waals surface area contributed by atoms with E-state index < -0.39 is 10.0 Å². The normalized spacial score (nSPS) is 17.4. The molecule has 21 heavy (non-hydrogen) atoms. The SMILES string of the molecule is CNC(=O)c1cc(S(=O)(=O)N2CCC(C#N)CC2)cn1C. The van der Waals surface area contributed by atoms with Crippen LogP contribution in [-0.4, -0.2) is 43.3 Å². The molecule has 0 spiro atoms. The van der Waals surface area contributed by atoms with E-state index in [0.29, 0.717) is 31.6 Å². The van der Waals surface area contributed by atoms with Crippen LogP contribution in [0.2, 0.25) is 0 Å². The van der Waals surface area contributed by atoms with E-state index in [1.54, 1.807) is 7.05 Å². The van der Waals surface area contributed by atoms with Crippen molar-refractivity contribution >= 4 is 15.9 Å². The van der Waals surface area contributed by atoms with Crippen LogP contribution in [0.5, 0.6) is 0 Å². The van der Waals surface area contributed by atoms with Gasteiger partial charge in [-0.3, -0.25) is 4.79 Å². The molecule has 1 aliphatic heterocycles. The summed E-state index contributed by atoms with van der Waals surface area (Å²) in [5.74, 6) is -0.407. The Bertz CT molecular complexity index is 679. The number of hydrogen-bond donors (Lipinski definition) is 1. The molecule has 0 unspecified atom stereocenters. The molecular weight excluding hydrogens is 292 g/mol. The number of hydrogen-bond acceptors (Lipinski definition) is 4. The van der Waals surface area contributed by atoms with E-state index >= 15 is 0 Å². The van der Waals surface area contributed by atoms with Crippen LogP contribution in [0.25, 0.3) is 0 Å². The van der Waals surface area contributed by atoms with Crippen LogP contribution in [0.3, 0.4) is 0 Å². The molecule has 1 aromatic rings. The van der Waals surface area contributed by atoms with Gasteiger partial charge in [-0.2, -0.15) is 9.57 Å². The zero-order valence-corrected chi connectivity index (χ0v) is 12.9. The van der Waals surface area contributed by atoms with E-state index in [-0.39, 0.29) is 16.7 Å². The number of nitriles is 1. The topological polar surface area (TPSA) is 95.2 Å². The fourth-order valence-corrected chi connectivity index (χ4v) is 3.94. The molecule has 1 aromatic heterocycles. The highest BCUT2D eigenvalue weighted by atomic mass is 32.2. The predicted octanol–water partition coefficient (Wildman–Crippen LogP) is 0.309. The van der Waals surface area contributed by atoms with Gasteiger partial charge in [-0.25, -0.2) is 8.42 Å². The van der Waals surface area contributed by atoms with Crippen molar-refractivity contribution in [3.8, 4) is 6.07 Å². The third kappa shape index (κ3) is 2.94. The molecule has 1 fully saturated rings. The predicted molar refractivity (Wildman–Crippen MR) is 75.9 cm³/mol. The molecule has 1 aliphatic rings. The fraction of sp³-hybridized carbons (Fsp3) is 0.538. The van der Waals surface area contributed by atoms with E-state index in [9.17, 15) is 13.2 Å². The van der Waals surface area contributed by atoms with Gasteiger partial charge in [0.05, 0.1) is 6.07 Å². The molecular formula is C13H18N4O3S. The Labute approximate surface area is 124 Å². The molecule has 2 heterocycles. The van der Waals surface area contributed by atoms with Crippen molar-refractivity contribution in [2.45, 2.75) is 17.7 Å². The Morgan fingerprint density at radius 3 is 2.57 bits per heavy atom. The Balaban J connectivity index is 2.25. The molecule has 114 valence electrons. The average molecular weight is 310 g/mol. The first-order chi connectivity index (χ1) is 9.90. The van der Waals surface area contributed by atoms with Gasteiger partial charge in [-0.1, -0.05) is 0 Å². The molecule has 8 heteroatoms. The number of carbonyl (C=O) groups is 1. The number of piperidine rings is 1. The van der Waals surface area contributed by atoms with Crippen molar-refractivity contribution in [1.82, 2.24) is 14.2 Å². The maximum absolute atomic E-state index is 12.6. The molecule has 0 radical (unpaired) electrons. The van der Waals surface area contributed by atoms with Crippen LogP contribution in [0, 0.1) is 17.2 Å². The molecule has 0 aliphatic carbocycles. The lowest BCUT2D eigenvalue weighted by Crippen LogP contribution is -2.38. The lowest BCUT2D eigenvalue weighted by molar-refractivity contribution is 0.0955. The maximum atomic E-state index is 12.6. The molecule has 1 amide bonds. The highest BCUT2D eigenvalue weighted by Gasteiger charge is 2.30. The van der Waals surface area contributed by atoms with Gasteiger partial charge in [0, 0.05) is 39.3 Å². The minimum absolute atomic E-state index is 0.0753. The Morgan fingerprint density at radius 2 is 2.05 bits per heavy atom. The molecule has 1 N–H and O–H groups in total. The number of carbonyl (C=O) groups excluding carboxylic acids is 1. The first-order valence-corrected chi connectivity index (χ1v) is 8.12. The highest BCUT2D eigenvalue weighted by molar-refractivity contribution is 7.89. The number of rotatable bonds is 3. The van der Waals surface area contributed by atoms with Crippen molar-refractivity contribution < 1.29 is 13.2 Å². The number of nitrogens with zero attached hydrogens (tertiary/aromatic N) is 3. The summed E-state index contributed by atoms with van der Waals surface area (Å²) in [5, 5.41) is 11.3. The molecule has 7 nitrogen and oxygen atoms in total. The molecule has 0 saturated carbocycles. The Hall–Kier alpha value is -1.85. The van der Waals surface area contributed by atoms with E-state index in [4.69, 9.17) is 5.26 Å². The molecule has 0 aromatic carbocycles. The summed E-state index contributed by atoms with van der Waals surface area (Å²) >= 11 is 0. The molecule has 0 atom stereocenters. The largest absolute Gasteiger partial charge is 0.354 e. The summed E-state index contributed by atoms with van der Waals surface area (Å²) in [6.07, 6.45) is 2.53. The fourth-order valence-electron chi connectivity index (χ4n) is 2.40. The van der Waals surface area contributed by atoms with Gasteiger partial charge >= 0.3 is 0 Å². The number of aryl methyl sites for hydroxylation is 1. The molecule has 0 bridgehead atoms.